The lowest BCUT2D eigenvalue weighted by molar-refractivity contribution is -0.147. The van der Waals surface area contributed by atoms with Crippen LogP contribution in [0, 0.1) is 5.82 Å². The van der Waals surface area contributed by atoms with E-state index in [1.807, 2.05) is 13.2 Å². The van der Waals surface area contributed by atoms with Crippen molar-refractivity contribution in [1.29, 1.82) is 0 Å². The normalized spacial score (nSPS) is 15.2. The summed E-state index contributed by atoms with van der Waals surface area (Å²) in [5, 5.41) is 12.0. The number of thioether (sulfide) groups is 1. The molecule has 110 valence electrons. The summed E-state index contributed by atoms with van der Waals surface area (Å²) in [4.78, 5) is 23.4. The molecule has 2 unspecified atom stereocenters. The molecule has 0 fully saturated rings. The summed E-state index contributed by atoms with van der Waals surface area (Å²) in [6.07, 6.45) is 2.11. The predicted octanol–water partition coefficient (Wildman–Crippen LogP) is 2.38. The molecule has 0 saturated heterocycles. The fourth-order valence-corrected chi connectivity index (χ4v) is 2.02. The lowest BCUT2D eigenvalue weighted by atomic mass is 9.91. The lowest BCUT2D eigenvalue weighted by Crippen LogP contribution is -2.50. The Hall–Kier alpha value is -1.56. The van der Waals surface area contributed by atoms with Gasteiger partial charge in [-0.1, -0.05) is 19.1 Å². The molecule has 1 aromatic carbocycles. The molecule has 0 bridgehead atoms. The van der Waals surface area contributed by atoms with Gasteiger partial charge >= 0.3 is 5.97 Å². The summed E-state index contributed by atoms with van der Waals surface area (Å²) in [5.74, 6) is -1.99. The zero-order valence-electron chi connectivity index (χ0n) is 11.6. The van der Waals surface area contributed by atoms with Crippen LogP contribution in [0.1, 0.15) is 25.8 Å². The second kappa shape index (κ2) is 6.74. The van der Waals surface area contributed by atoms with Crippen LogP contribution in [0.5, 0.6) is 0 Å². The first-order valence-corrected chi connectivity index (χ1v) is 7.41. The van der Waals surface area contributed by atoms with Crippen LogP contribution in [-0.4, -0.2) is 28.5 Å². The summed E-state index contributed by atoms with van der Waals surface area (Å²) in [6.45, 7) is 3.28. The molecular formula is C14H18FNO3S. The lowest BCUT2D eigenvalue weighted by Gasteiger charge is -2.27. The van der Waals surface area contributed by atoms with Crippen LogP contribution in [0.3, 0.4) is 0 Å². The van der Waals surface area contributed by atoms with Crippen molar-refractivity contribution in [3.05, 3.63) is 35.6 Å². The molecule has 1 aromatic rings. The van der Waals surface area contributed by atoms with Crippen molar-refractivity contribution in [1.82, 2.24) is 5.32 Å². The minimum Gasteiger partial charge on any atom is -0.479 e. The second-order valence-electron chi connectivity index (χ2n) is 4.74. The van der Waals surface area contributed by atoms with Gasteiger partial charge in [-0.3, -0.25) is 4.79 Å². The Morgan fingerprint density at radius 3 is 2.40 bits per heavy atom. The molecule has 0 saturated carbocycles. The summed E-state index contributed by atoms with van der Waals surface area (Å²) >= 11 is 1.53. The number of benzene rings is 1. The van der Waals surface area contributed by atoms with Gasteiger partial charge in [0.1, 0.15) is 5.82 Å². The van der Waals surface area contributed by atoms with Gasteiger partial charge in [-0.2, -0.15) is 11.8 Å². The van der Waals surface area contributed by atoms with E-state index in [0.717, 1.165) is 0 Å². The molecule has 1 rings (SSSR count). The number of aliphatic carboxylic acids is 1. The third-order valence-electron chi connectivity index (χ3n) is 3.11. The van der Waals surface area contributed by atoms with E-state index in [1.54, 1.807) is 0 Å². The Morgan fingerprint density at radius 2 is 1.95 bits per heavy atom. The molecule has 0 aromatic heterocycles. The highest BCUT2D eigenvalue weighted by Crippen LogP contribution is 2.22. The topological polar surface area (TPSA) is 66.4 Å². The molecule has 4 nitrogen and oxygen atoms in total. The predicted molar refractivity (Wildman–Crippen MR) is 77.1 cm³/mol. The van der Waals surface area contributed by atoms with Gasteiger partial charge in [0.25, 0.3) is 0 Å². The maximum Gasteiger partial charge on any atom is 0.333 e. The van der Waals surface area contributed by atoms with E-state index in [-0.39, 0.29) is 17.6 Å². The van der Waals surface area contributed by atoms with E-state index in [9.17, 15) is 19.1 Å². The molecule has 2 atom stereocenters. The SMILES string of the molecule is CSC(C)CC(=O)NC(C)(C(=O)O)c1ccc(F)cc1. The number of carbonyl (C=O) groups excluding carboxylic acids is 1. The Labute approximate surface area is 121 Å². The number of hydrogen-bond donors (Lipinski definition) is 2. The zero-order valence-corrected chi connectivity index (χ0v) is 12.5. The van der Waals surface area contributed by atoms with Crippen molar-refractivity contribution in [2.75, 3.05) is 6.26 Å². The van der Waals surface area contributed by atoms with Crippen molar-refractivity contribution in [2.24, 2.45) is 0 Å². The fourth-order valence-electron chi connectivity index (χ4n) is 1.71. The number of hydrogen-bond acceptors (Lipinski definition) is 3. The van der Waals surface area contributed by atoms with Crippen LogP contribution in [0.25, 0.3) is 0 Å². The first-order chi connectivity index (χ1) is 9.29. The van der Waals surface area contributed by atoms with Crippen molar-refractivity contribution in [3.63, 3.8) is 0 Å². The van der Waals surface area contributed by atoms with Gasteiger partial charge in [0.05, 0.1) is 0 Å². The molecule has 6 heteroatoms. The minimum absolute atomic E-state index is 0.0984. The first kappa shape index (κ1) is 16.5. The minimum atomic E-state index is -1.57. The van der Waals surface area contributed by atoms with Gasteiger partial charge in [-0.15, -0.1) is 0 Å². The van der Waals surface area contributed by atoms with Crippen LogP contribution < -0.4 is 5.32 Å². The summed E-state index contributed by atoms with van der Waals surface area (Å²) in [7, 11) is 0. The molecule has 0 aliphatic heterocycles. The van der Waals surface area contributed by atoms with Crippen LogP contribution in [0.2, 0.25) is 0 Å². The number of carboxylic acids is 1. The van der Waals surface area contributed by atoms with E-state index in [1.165, 1.54) is 43.0 Å². The monoisotopic (exact) mass is 299 g/mol. The van der Waals surface area contributed by atoms with Gasteiger partial charge in [0, 0.05) is 11.7 Å². The standard InChI is InChI=1S/C14H18FNO3S/c1-9(20-3)8-12(17)16-14(2,13(18)19)10-4-6-11(15)7-5-10/h4-7,9H,8H2,1-3H3,(H,16,17)(H,18,19). The average Bonchev–Trinajstić information content (AvgIpc) is 2.38. The number of carbonyl (C=O) groups is 2. The highest BCUT2D eigenvalue weighted by molar-refractivity contribution is 7.99. The fraction of sp³-hybridized carbons (Fsp3) is 0.429. The smallest absolute Gasteiger partial charge is 0.333 e. The maximum atomic E-state index is 12.9. The molecule has 20 heavy (non-hydrogen) atoms. The average molecular weight is 299 g/mol. The van der Waals surface area contributed by atoms with Gasteiger partial charge in [-0.25, -0.2) is 9.18 Å². The number of rotatable bonds is 6. The number of halogens is 1. The van der Waals surface area contributed by atoms with Crippen LogP contribution in [0.4, 0.5) is 4.39 Å². The summed E-state index contributed by atoms with van der Waals surface area (Å²) in [5.41, 5.74) is -1.24. The van der Waals surface area contributed by atoms with Crippen molar-refractivity contribution in [3.8, 4) is 0 Å². The van der Waals surface area contributed by atoms with E-state index < -0.39 is 17.3 Å². The van der Waals surface area contributed by atoms with Crippen LogP contribution in [-0.2, 0) is 15.1 Å². The Bertz CT molecular complexity index is 492. The van der Waals surface area contributed by atoms with Gasteiger partial charge in [0.15, 0.2) is 5.54 Å². The zero-order chi connectivity index (χ0) is 15.3. The van der Waals surface area contributed by atoms with Crippen molar-refractivity contribution < 1.29 is 19.1 Å². The van der Waals surface area contributed by atoms with Crippen LogP contribution in [0.15, 0.2) is 24.3 Å². The van der Waals surface area contributed by atoms with Crippen molar-refractivity contribution >= 4 is 23.6 Å². The second-order valence-corrected chi connectivity index (χ2v) is 6.01. The third-order valence-corrected chi connectivity index (χ3v) is 4.09. The Morgan fingerprint density at radius 1 is 1.40 bits per heavy atom. The van der Waals surface area contributed by atoms with E-state index in [4.69, 9.17) is 0 Å². The van der Waals surface area contributed by atoms with E-state index in [2.05, 4.69) is 5.32 Å². The largest absolute Gasteiger partial charge is 0.479 e. The summed E-state index contributed by atoms with van der Waals surface area (Å²) < 4.78 is 12.9. The molecule has 0 heterocycles. The van der Waals surface area contributed by atoms with Gasteiger partial charge in [-0.05, 0) is 30.9 Å². The highest BCUT2D eigenvalue weighted by atomic mass is 32.2. The molecular weight excluding hydrogens is 281 g/mol. The highest BCUT2D eigenvalue weighted by Gasteiger charge is 2.37. The van der Waals surface area contributed by atoms with Gasteiger partial charge in [0.2, 0.25) is 5.91 Å². The molecule has 2 N–H and O–H groups in total. The number of nitrogens with one attached hydrogen (secondary N) is 1. The molecule has 1 amide bonds. The number of amides is 1. The van der Waals surface area contributed by atoms with E-state index >= 15 is 0 Å². The molecule has 0 radical (unpaired) electrons. The van der Waals surface area contributed by atoms with Gasteiger partial charge < -0.3 is 10.4 Å². The summed E-state index contributed by atoms with van der Waals surface area (Å²) in [6, 6.07) is 5.07. The molecule has 0 aliphatic carbocycles. The number of carboxylic acid groups (broad SMARTS) is 1. The van der Waals surface area contributed by atoms with Crippen LogP contribution >= 0.6 is 11.8 Å². The Balaban J connectivity index is 2.95. The first-order valence-electron chi connectivity index (χ1n) is 6.13. The van der Waals surface area contributed by atoms with Crippen molar-refractivity contribution in [2.45, 2.75) is 31.1 Å². The molecule has 0 spiro atoms. The van der Waals surface area contributed by atoms with E-state index in [0.29, 0.717) is 5.56 Å². The third kappa shape index (κ3) is 3.96. The quantitative estimate of drug-likeness (QED) is 0.846. The molecule has 0 aliphatic rings. The maximum absolute atomic E-state index is 12.9. The Kier molecular flexibility index (Phi) is 5.56.